The van der Waals surface area contributed by atoms with E-state index >= 15 is 0 Å². The fourth-order valence-corrected chi connectivity index (χ4v) is 4.01. The number of aromatic nitrogens is 2. The second-order valence-electron chi connectivity index (χ2n) is 9.50. The number of primary amides is 1. The number of hydrogen-bond donors (Lipinski definition) is 3. The molecular formula is C24H36N6O2. The number of methoxy groups -OCH3 is 1. The van der Waals surface area contributed by atoms with E-state index in [1.807, 2.05) is 6.07 Å². The fourth-order valence-electron chi connectivity index (χ4n) is 4.01. The lowest BCUT2D eigenvalue weighted by Gasteiger charge is -2.31. The highest BCUT2D eigenvalue weighted by Crippen LogP contribution is 2.33. The Bertz CT molecular complexity index is 952. The topological polar surface area (TPSA) is 119 Å². The highest BCUT2D eigenvalue weighted by Gasteiger charge is 2.23. The fraction of sp³-hybridized carbons (Fsp3) is 0.542. The van der Waals surface area contributed by atoms with Gasteiger partial charge in [-0.3, -0.25) is 4.79 Å². The Morgan fingerprint density at radius 3 is 2.69 bits per heavy atom. The molecule has 1 amide bonds. The minimum Gasteiger partial charge on any atom is -0.377 e. The van der Waals surface area contributed by atoms with Crippen LogP contribution in [0.15, 0.2) is 24.4 Å². The van der Waals surface area contributed by atoms with Gasteiger partial charge in [0.1, 0.15) is 11.4 Å². The molecule has 0 bridgehead atoms. The van der Waals surface area contributed by atoms with Gasteiger partial charge in [-0.1, -0.05) is 33.8 Å². The van der Waals surface area contributed by atoms with Crippen molar-refractivity contribution in [2.24, 2.45) is 11.5 Å². The molecule has 2 atom stereocenters. The first-order valence-electron chi connectivity index (χ1n) is 11.2. The lowest BCUT2D eigenvalue weighted by atomic mass is 9.85. The predicted octanol–water partition coefficient (Wildman–Crippen LogP) is 3.64. The molecule has 174 valence electrons. The van der Waals surface area contributed by atoms with E-state index in [1.54, 1.807) is 7.11 Å². The average Bonchev–Trinajstić information content (AvgIpc) is 2.73. The molecule has 3 rings (SSSR count). The third kappa shape index (κ3) is 5.55. The molecule has 5 N–H and O–H groups in total. The number of carbonyl (C=O) groups is 1. The number of nitrogens with two attached hydrogens (primary N) is 2. The van der Waals surface area contributed by atoms with Gasteiger partial charge >= 0.3 is 0 Å². The summed E-state index contributed by atoms with van der Waals surface area (Å²) in [6, 6.07) is 6.38. The summed E-state index contributed by atoms with van der Waals surface area (Å²) < 4.78 is 5.68. The summed E-state index contributed by atoms with van der Waals surface area (Å²) in [5.74, 6) is 0.359. The number of carbonyl (C=O) groups excluding carboxylic acids is 1. The summed E-state index contributed by atoms with van der Waals surface area (Å²) >= 11 is 0. The summed E-state index contributed by atoms with van der Waals surface area (Å²) in [5.41, 5.74) is 15.0. The zero-order chi connectivity index (χ0) is 23.5. The van der Waals surface area contributed by atoms with Crippen LogP contribution in [-0.4, -0.2) is 42.1 Å². The van der Waals surface area contributed by atoms with Gasteiger partial charge in [-0.25, -0.2) is 4.98 Å². The molecule has 2 heterocycles. The molecule has 0 spiro atoms. The van der Waals surface area contributed by atoms with E-state index < -0.39 is 5.91 Å². The summed E-state index contributed by atoms with van der Waals surface area (Å²) in [5, 5.41) is 3.34. The smallest absolute Gasteiger partial charge is 0.254 e. The summed E-state index contributed by atoms with van der Waals surface area (Å²) in [7, 11) is 1.72. The van der Waals surface area contributed by atoms with E-state index in [2.05, 4.69) is 60.0 Å². The van der Waals surface area contributed by atoms with Gasteiger partial charge in [-0.15, -0.1) is 0 Å². The van der Waals surface area contributed by atoms with Crippen LogP contribution in [0.5, 0.6) is 0 Å². The molecule has 0 radical (unpaired) electrons. The maximum absolute atomic E-state index is 12.1. The molecule has 2 aromatic rings. The molecule has 0 aliphatic carbocycles. The quantitative estimate of drug-likeness (QED) is 0.601. The van der Waals surface area contributed by atoms with E-state index in [4.69, 9.17) is 16.2 Å². The third-order valence-corrected chi connectivity index (χ3v) is 5.89. The first kappa shape index (κ1) is 23.9. The molecule has 8 heteroatoms. The van der Waals surface area contributed by atoms with E-state index in [9.17, 15) is 4.79 Å². The van der Waals surface area contributed by atoms with Crippen LogP contribution in [0.1, 0.15) is 74.5 Å². The molecule has 1 aromatic heterocycles. The van der Waals surface area contributed by atoms with E-state index in [0.717, 1.165) is 42.6 Å². The van der Waals surface area contributed by atoms with Crippen molar-refractivity contribution in [1.82, 2.24) is 9.97 Å². The van der Waals surface area contributed by atoms with Crippen LogP contribution >= 0.6 is 0 Å². The van der Waals surface area contributed by atoms with Gasteiger partial charge in [-0.05, 0) is 47.9 Å². The van der Waals surface area contributed by atoms with E-state index in [0.29, 0.717) is 18.3 Å². The number of nitrogens with zero attached hydrogens (tertiary/aromatic N) is 3. The molecule has 1 aliphatic heterocycles. The summed E-state index contributed by atoms with van der Waals surface area (Å²) in [6.07, 6.45) is 4.29. The van der Waals surface area contributed by atoms with Crippen molar-refractivity contribution in [3.63, 3.8) is 0 Å². The van der Waals surface area contributed by atoms with Gasteiger partial charge in [0, 0.05) is 38.1 Å². The maximum atomic E-state index is 12.1. The van der Waals surface area contributed by atoms with Crippen LogP contribution in [0.2, 0.25) is 0 Å². The van der Waals surface area contributed by atoms with Gasteiger partial charge in [0.05, 0.1) is 6.10 Å². The third-order valence-electron chi connectivity index (χ3n) is 5.89. The zero-order valence-corrected chi connectivity index (χ0v) is 19.8. The van der Waals surface area contributed by atoms with Gasteiger partial charge in [0.25, 0.3) is 5.91 Å². The zero-order valence-electron chi connectivity index (χ0n) is 19.8. The summed E-state index contributed by atoms with van der Waals surface area (Å²) in [4.78, 5) is 23.2. The van der Waals surface area contributed by atoms with E-state index in [1.165, 1.54) is 6.20 Å². The molecule has 0 saturated carbocycles. The molecule has 1 unspecified atom stereocenters. The Hall–Kier alpha value is -2.71. The Kier molecular flexibility index (Phi) is 7.36. The van der Waals surface area contributed by atoms with Crippen molar-refractivity contribution in [2.75, 3.05) is 30.4 Å². The van der Waals surface area contributed by atoms with E-state index in [-0.39, 0.29) is 23.1 Å². The first-order chi connectivity index (χ1) is 15.1. The highest BCUT2D eigenvalue weighted by molar-refractivity contribution is 5.98. The lowest BCUT2D eigenvalue weighted by Crippen LogP contribution is -2.43. The molecule has 1 aliphatic rings. The van der Waals surface area contributed by atoms with Crippen LogP contribution in [0.4, 0.5) is 17.5 Å². The van der Waals surface area contributed by atoms with Crippen molar-refractivity contribution in [3.05, 3.63) is 41.1 Å². The molecule has 1 aromatic carbocycles. The van der Waals surface area contributed by atoms with Gasteiger partial charge < -0.3 is 26.4 Å². The maximum Gasteiger partial charge on any atom is 0.254 e. The molecule has 32 heavy (non-hydrogen) atoms. The number of piperidine rings is 1. The molecule has 1 saturated heterocycles. The Labute approximate surface area is 190 Å². The average molecular weight is 441 g/mol. The molecule has 1 fully saturated rings. The number of benzene rings is 1. The first-order valence-corrected chi connectivity index (χ1v) is 11.2. The second kappa shape index (κ2) is 9.83. The Balaban J connectivity index is 2.03. The normalized spacial score (nSPS) is 17.8. The van der Waals surface area contributed by atoms with Crippen molar-refractivity contribution in [2.45, 2.75) is 64.5 Å². The van der Waals surface area contributed by atoms with Crippen LogP contribution in [-0.2, 0) is 10.2 Å². The summed E-state index contributed by atoms with van der Waals surface area (Å²) in [6.45, 7) is 10.1. The van der Waals surface area contributed by atoms with Gasteiger partial charge in [0.15, 0.2) is 0 Å². The van der Waals surface area contributed by atoms with Gasteiger partial charge in [-0.2, -0.15) is 4.98 Å². The van der Waals surface area contributed by atoms with Gasteiger partial charge in [0.2, 0.25) is 5.95 Å². The van der Waals surface area contributed by atoms with Crippen molar-refractivity contribution in [3.8, 4) is 0 Å². The number of hydrogen-bond acceptors (Lipinski definition) is 7. The second-order valence-corrected chi connectivity index (χ2v) is 9.50. The highest BCUT2D eigenvalue weighted by atomic mass is 16.5. The van der Waals surface area contributed by atoms with Crippen LogP contribution in [0.3, 0.4) is 0 Å². The standard InChI is InChI=1S/C24H36N6O2/c1-6-20(32-5)15-10-16(24(2,3)4)12-18(11-15)28-22-19(21(26)31)13-27-23(29-22)30-9-7-8-17(25)14-30/h10-13,17,20H,6-9,14,25H2,1-5H3,(H2,26,31)(H,27,28,29)/t17-,20?/m0/s1. The number of nitrogens with one attached hydrogen (secondary N) is 1. The SMILES string of the molecule is CCC(OC)c1cc(Nc2nc(N3CCC[C@H](N)C3)ncc2C(N)=O)cc(C(C)(C)C)c1. The van der Waals surface area contributed by atoms with Crippen molar-refractivity contribution < 1.29 is 9.53 Å². The Morgan fingerprint density at radius 2 is 2.09 bits per heavy atom. The Morgan fingerprint density at radius 1 is 1.34 bits per heavy atom. The molecule has 8 nitrogen and oxygen atoms in total. The number of rotatable bonds is 7. The van der Waals surface area contributed by atoms with Crippen molar-refractivity contribution in [1.29, 1.82) is 0 Å². The van der Waals surface area contributed by atoms with Crippen LogP contribution in [0.25, 0.3) is 0 Å². The number of amides is 1. The predicted molar refractivity (Wildman–Crippen MR) is 128 cm³/mol. The van der Waals surface area contributed by atoms with Crippen LogP contribution < -0.4 is 21.7 Å². The van der Waals surface area contributed by atoms with Crippen molar-refractivity contribution >= 4 is 23.4 Å². The minimum absolute atomic E-state index is 0.0238. The number of anilines is 3. The number of ether oxygens (including phenoxy) is 1. The monoisotopic (exact) mass is 440 g/mol. The minimum atomic E-state index is -0.579. The lowest BCUT2D eigenvalue weighted by molar-refractivity contribution is 0.0997. The largest absolute Gasteiger partial charge is 0.377 e. The molecular weight excluding hydrogens is 404 g/mol. The van der Waals surface area contributed by atoms with Crippen LogP contribution in [0, 0.1) is 0 Å².